The molecule has 0 saturated carbocycles. The molecule has 3 rings (SSSR count). The number of para-hydroxylation sites is 2. The second kappa shape index (κ2) is 8.18. The molecule has 0 spiro atoms. The Morgan fingerprint density at radius 1 is 1.14 bits per heavy atom. The van der Waals surface area contributed by atoms with E-state index in [1.807, 2.05) is 32.9 Å². The number of hydrogen-bond donors (Lipinski definition) is 2. The second-order valence-electron chi connectivity index (χ2n) is 6.94. The molecule has 0 atom stereocenters. The van der Waals surface area contributed by atoms with E-state index in [-0.39, 0.29) is 5.70 Å². The van der Waals surface area contributed by atoms with E-state index in [9.17, 15) is 14.4 Å². The number of carbonyl (C=O) groups excluding carboxylic acids is 3. The van der Waals surface area contributed by atoms with Crippen molar-refractivity contribution in [1.29, 1.82) is 0 Å². The minimum absolute atomic E-state index is 0.148. The molecule has 0 aliphatic carbocycles. The normalized spacial score (nSPS) is 14.9. The summed E-state index contributed by atoms with van der Waals surface area (Å²) in [5.74, 6) is -0.546. The lowest BCUT2D eigenvalue weighted by atomic mass is 9.99. The zero-order valence-electron chi connectivity index (χ0n) is 16.8. The zero-order chi connectivity index (χ0) is 21.1. The van der Waals surface area contributed by atoms with Gasteiger partial charge in [-0.15, -0.1) is 0 Å². The van der Waals surface area contributed by atoms with E-state index in [1.165, 1.54) is 7.11 Å². The summed E-state index contributed by atoms with van der Waals surface area (Å²) in [6, 6.07) is 10.3. The number of anilines is 1. The molecule has 0 bridgehead atoms. The number of imide groups is 1. The summed E-state index contributed by atoms with van der Waals surface area (Å²) in [7, 11) is 1.49. The number of urea groups is 1. The first-order valence-corrected chi connectivity index (χ1v) is 9.15. The molecule has 1 aliphatic heterocycles. The van der Waals surface area contributed by atoms with Gasteiger partial charge in [0.15, 0.2) is 0 Å². The van der Waals surface area contributed by atoms with Gasteiger partial charge in [0.05, 0.1) is 12.8 Å². The van der Waals surface area contributed by atoms with Crippen LogP contribution in [0.1, 0.15) is 22.3 Å². The van der Waals surface area contributed by atoms with Gasteiger partial charge in [-0.25, -0.2) is 9.69 Å². The van der Waals surface area contributed by atoms with Gasteiger partial charge in [-0.3, -0.25) is 9.59 Å². The van der Waals surface area contributed by atoms with Crippen LogP contribution in [0.2, 0.25) is 0 Å². The van der Waals surface area contributed by atoms with Gasteiger partial charge in [0, 0.05) is 0 Å². The third-order valence-electron chi connectivity index (χ3n) is 4.67. The van der Waals surface area contributed by atoms with E-state index in [0.717, 1.165) is 27.2 Å². The van der Waals surface area contributed by atoms with Gasteiger partial charge in [0.2, 0.25) is 5.91 Å². The van der Waals surface area contributed by atoms with Crippen molar-refractivity contribution in [2.45, 2.75) is 20.8 Å². The fourth-order valence-corrected chi connectivity index (χ4v) is 3.36. The molecular formula is C22H23N3O4. The highest BCUT2D eigenvalue weighted by molar-refractivity contribution is 6.16. The minimum Gasteiger partial charge on any atom is -0.495 e. The lowest BCUT2D eigenvalue weighted by molar-refractivity contribution is -0.127. The van der Waals surface area contributed by atoms with Crippen molar-refractivity contribution in [2.75, 3.05) is 19.0 Å². The van der Waals surface area contributed by atoms with Gasteiger partial charge in [-0.2, -0.15) is 0 Å². The number of amides is 4. The number of nitrogens with zero attached hydrogens (tertiary/aromatic N) is 1. The molecule has 2 aromatic rings. The quantitative estimate of drug-likeness (QED) is 0.603. The van der Waals surface area contributed by atoms with Crippen LogP contribution in [0.5, 0.6) is 5.75 Å². The van der Waals surface area contributed by atoms with Crippen molar-refractivity contribution in [3.05, 3.63) is 64.3 Å². The number of carbonyl (C=O) groups is 3. The molecule has 29 heavy (non-hydrogen) atoms. The van der Waals surface area contributed by atoms with Gasteiger partial charge in [0.1, 0.15) is 18.0 Å². The first-order chi connectivity index (χ1) is 13.8. The monoisotopic (exact) mass is 393 g/mol. The van der Waals surface area contributed by atoms with Crippen molar-refractivity contribution < 1.29 is 19.1 Å². The zero-order valence-corrected chi connectivity index (χ0v) is 16.8. The number of ether oxygens (including phenoxy) is 1. The van der Waals surface area contributed by atoms with Gasteiger partial charge in [-0.1, -0.05) is 29.8 Å². The van der Waals surface area contributed by atoms with Gasteiger partial charge in [0.25, 0.3) is 5.91 Å². The summed E-state index contributed by atoms with van der Waals surface area (Å²) in [5, 5.41) is 5.22. The first kappa shape index (κ1) is 20.1. The Bertz CT molecular complexity index is 1000. The highest BCUT2D eigenvalue weighted by Crippen LogP contribution is 2.24. The number of methoxy groups -OCH3 is 1. The molecule has 1 heterocycles. The molecule has 2 aromatic carbocycles. The molecule has 150 valence electrons. The Balaban J connectivity index is 1.76. The van der Waals surface area contributed by atoms with Crippen LogP contribution in [0.4, 0.5) is 10.5 Å². The highest BCUT2D eigenvalue weighted by Gasteiger charge is 2.35. The molecule has 1 fully saturated rings. The molecule has 0 unspecified atom stereocenters. The lowest BCUT2D eigenvalue weighted by Crippen LogP contribution is -2.38. The maximum Gasteiger partial charge on any atom is 0.329 e. The number of hydrogen-bond acceptors (Lipinski definition) is 4. The molecule has 7 nitrogen and oxygen atoms in total. The maximum atomic E-state index is 12.7. The Hall–Kier alpha value is -3.61. The molecule has 0 radical (unpaired) electrons. The van der Waals surface area contributed by atoms with E-state index in [4.69, 9.17) is 4.74 Å². The van der Waals surface area contributed by atoms with Crippen LogP contribution in [0.15, 0.2) is 42.1 Å². The smallest absolute Gasteiger partial charge is 0.329 e. The maximum absolute atomic E-state index is 12.7. The Kier molecular flexibility index (Phi) is 5.68. The third-order valence-corrected chi connectivity index (χ3v) is 4.67. The predicted octanol–water partition coefficient (Wildman–Crippen LogP) is 3.15. The van der Waals surface area contributed by atoms with E-state index in [0.29, 0.717) is 11.4 Å². The van der Waals surface area contributed by atoms with E-state index in [2.05, 4.69) is 10.6 Å². The molecule has 7 heteroatoms. The molecule has 1 aliphatic rings. The van der Waals surface area contributed by atoms with Crippen molar-refractivity contribution in [3.8, 4) is 5.75 Å². The Morgan fingerprint density at radius 3 is 2.45 bits per heavy atom. The summed E-state index contributed by atoms with van der Waals surface area (Å²) in [6.07, 6.45) is 1.66. The third kappa shape index (κ3) is 4.29. The van der Waals surface area contributed by atoms with E-state index < -0.39 is 24.4 Å². The van der Waals surface area contributed by atoms with Gasteiger partial charge >= 0.3 is 6.03 Å². The lowest BCUT2D eigenvalue weighted by Gasteiger charge is -2.13. The Labute approximate surface area is 169 Å². The van der Waals surface area contributed by atoms with Crippen molar-refractivity contribution in [1.82, 2.24) is 10.2 Å². The average molecular weight is 393 g/mol. The number of nitrogens with one attached hydrogen (secondary N) is 2. The molecule has 4 amide bonds. The molecule has 0 aromatic heterocycles. The van der Waals surface area contributed by atoms with Crippen LogP contribution in [0, 0.1) is 20.8 Å². The SMILES string of the molecule is COc1ccccc1NC(=O)CN1C(=O)N/C(=C/c2c(C)cc(C)cc2C)C1=O. The fraction of sp³-hybridized carbons (Fsp3) is 0.227. The standard InChI is InChI=1S/C22H23N3O4/c1-13-9-14(2)16(15(3)10-13)11-18-21(27)25(22(28)24-18)12-20(26)23-17-7-5-6-8-19(17)29-4/h5-11H,12H2,1-4H3,(H,23,26)(H,24,28)/b18-11+. The predicted molar refractivity (Wildman–Crippen MR) is 110 cm³/mol. The molecular weight excluding hydrogens is 370 g/mol. The van der Waals surface area contributed by atoms with Crippen molar-refractivity contribution in [2.24, 2.45) is 0 Å². The summed E-state index contributed by atoms with van der Waals surface area (Å²) >= 11 is 0. The van der Waals surface area contributed by atoms with Gasteiger partial charge in [-0.05, 0) is 55.7 Å². The van der Waals surface area contributed by atoms with Crippen LogP contribution in [-0.2, 0) is 9.59 Å². The number of rotatable bonds is 5. The van der Waals surface area contributed by atoms with E-state index in [1.54, 1.807) is 30.3 Å². The second-order valence-corrected chi connectivity index (χ2v) is 6.94. The fourth-order valence-electron chi connectivity index (χ4n) is 3.36. The topological polar surface area (TPSA) is 87.7 Å². The summed E-state index contributed by atoms with van der Waals surface area (Å²) in [6.45, 7) is 5.51. The summed E-state index contributed by atoms with van der Waals surface area (Å²) < 4.78 is 5.19. The summed E-state index contributed by atoms with van der Waals surface area (Å²) in [5.41, 5.74) is 4.62. The molecule has 1 saturated heterocycles. The highest BCUT2D eigenvalue weighted by atomic mass is 16.5. The van der Waals surface area contributed by atoms with E-state index >= 15 is 0 Å². The van der Waals surface area contributed by atoms with Crippen molar-refractivity contribution in [3.63, 3.8) is 0 Å². The van der Waals surface area contributed by atoms with Crippen LogP contribution in [0.25, 0.3) is 6.08 Å². The van der Waals surface area contributed by atoms with Crippen molar-refractivity contribution >= 4 is 29.6 Å². The summed E-state index contributed by atoms with van der Waals surface area (Å²) in [4.78, 5) is 38.2. The van der Waals surface area contributed by atoms with Gasteiger partial charge < -0.3 is 15.4 Å². The minimum atomic E-state index is -0.626. The molecule has 2 N–H and O–H groups in total. The first-order valence-electron chi connectivity index (χ1n) is 9.15. The number of aryl methyl sites for hydroxylation is 3. The number of benzene rings is 2. The average Bonchev–Trinajstić information content (AvgIpc) is 2.92. The Morgan fingerprint density at radius 2 is 1.79 bits per heavy atom. The van der Waals surface area contributed by atoms with Crippen LogP contribution in [0.3, 0.4) is 0 Å². The van der Waals surface area contributed by atoms with Crippen LogP contribution < -0.4 is 15.4 Å². The van der Waals surface area contributed by atoms with Crippen LogP contribution >= 0.6 is 0 Å². The largest absolute Gasteiger partial charge is 0.495 e. The van der Waals surface area contributed by atoms with Crippen LogP contribution in [-0.4, -0.2) is 36.4 Å².